The lowest BCUT2D eigenvalue weighted by atomic mass is 10.1. The second kappa shape index (κ2) is 5.22. The number of aromatic hydroxyl groups is 1. The number of aromatic nitrogens is 1. The van der Waals surface area contributed by atoms with E-state index in [1.807, 2.05) is 5.32 Å². The second-order valence-corrected chi connectivity index (χ2v) is 4.38. The van der Waals surface area contributed by atoms with Gasteiger partial charge >= 0.3 is 5.97 Å². The van der Waals surface area contributed by atoms with Crippen molar-refractivity contribution in [2.45, 2.75) is 0 Å². The van der Waals surface area contributed by atoms with Gasteiger partial charge in [0.05, 0.1) is 5.52 Å². The van der Waals surface area contributed by atoms with Crippen molar-refractivity contribution < 1.29 is 19.8 Å². The fourth-order valence-electron chi connectivity index (χ4n) is 1.70. The maximum atomic E-state index is 11.8. The van der Waals surface area contributed by atoms with Gasteiger partial charge < -0.3 is 20.5 Å². The summed E-state index contributed by atoms with van der Waals surface area (Å²) in [4.78, 5) is 36.3. The SMILES string of the molecule is O=C(O)CNC(=O)c1c(O)c2cc(Cl)ccc2[nH]c1=O. The first kappa shape index (κ1) is 13.9. The zero-order valence-corrected chi connectivity index (χ0v) is 10.7. The summed E-state index contributed by atoms with van der Waals surface area (Å²) in [5, 5.41) is 21.0. The minimum Gasteiger partial charge on any atom is -0.506 e. The van der Waals surface area contributed by atoms with E-state index in [9.17, 15) is 19.5 Å². The Hall–Kier alpha value is -2.54. The van der Waals surface area contributed by atoms with Gasteiger partial charge in [-0.1, -0.05) is 11.6 Å². The molecule has 0 aliphatic carbocycles. The van der Waals surface area contributed by atoms with Crippen LogP contribution in [0.5, 0.6) is 5.75 Å². The van der Waals surface area contributed by atoms with Crippen molar-refractivity contribution in [3.05, 3.63) is 39.1 Å². The Morgan fingerprint density at radius 3 is 2.70 bits per heavy atom. The van der Waals surface area contributed by atoms with Gasteiger partial charge in [0, 0.05) is 10.4 Å². The second-order valence-electron chi connectivity index (χ2n) is 3.94. The Bertz CT molecular complexity index is 768. The molecule has 20 heavy (non-hydrogen) atoms. The van der Waals surface area contributed by atoms with E-state index in [2.05, 4.69) is 4.98 Å². The van der Waals surface area contributed by atoms with E-state index in [0.717, 1.165) is 0 Å². The van der Waals surface area contributed by atoms with Gasteiger partial charge in [-0.15, -0.1) is 0 Å². The number of carbonyl (C=O) groups excluding carboxylic acids is 1. The molecule has 1 heterocycles. The quantitative estimate of drug-likeness (QED) is 0.664. The van der Waals surface area contributed by atoms with Crippen molar-refractivity contribution in [2.75, 3.05) is 6.54 Å². The molecular weight excluding hydrogens is 288 g/mol. The van der Waals surface area contributed by atoms with Gasteiger partial charge in [-0.3, -0.25) is 14.4 Å². The molecule has 2 aromatic rings. The lowest BCUT2D eigenvalue weighted by Gasteiger charge is -2.07. The van der Waals surface area contributed by atoms with Gasteiger partial charge in [-0.25, -0.2) is 0 Å². The number of rotatable bonds is 3. The number of carbonyl (C=O) groups is 2. The topological polar surface area (TPSA) is 119 Å². The van der Waals surface area contributed by atoms with E-state index in [4.69, 9.17) is 16.7 Å². The number of amides is 1. The maximum absolute atomic E-state index is 11.8. The Labute approximate surface area is 116 Å². The number of H-pyrrole nitrogens is 1. The summed E-state index contributed by atoms with van der Waals surface area (Å²) in [5.74, 6) is -2.79. The number of hydrogen-bond acceptors (Lipinski definition) is 4. The van der Waals surface area contributed by atoms with Crippen LogP contribution in [0.2, 0.25) is 5.02 Å². The summed E-state index contributed by atoms with van der Waals surface area (Å²) >= 11 is 5.78. The number of carboxylic acids is 1. The highest BCUT2D eigenvalue weighted by molar-refractivity contribution is 6.31. The minimum atomic E-state index is -1.27. The Morgan fingerprint density at radius 2 is 2.05 bits per heavy atom. The van der Waals surface area contributed by atoms with Gasteiger partial charge in [0.2, 0.25) is 0 Å². The van der Waals surface area contributed by atoms with Crippen molar-refractivity contribution in [3.8, 4) is 5.75 Å². The van der Waals surface area contributed by atoms with Crippen molar-refractivity contribution >= 4 is 34.4 Å². The maximum Gasteiger partial charge on any atom is 0.322 e. The lowest BCUT2D eigenvalue weighted by molar-refractivity contribution is -0.135. The van der Waals surface area contributed by atoms with Crippen molar-refractivity contribution in [1.82, 2.24) is 10.3 Å². The lowest BCUT2D eigenvalue weighted by Crippen LogP contribution is -2.33. The Kier molecular flexibility index (Phi) is 3.62. The van der Waals surface area contributed by atoms with Gasteiger partial charge in [0.15, 0.2) is 0 Å². The monoisotopic (exact) mass is 296 g/mol. The molecular formula is C12H9ClN2O5. The van der Waals surface area contributed by atoms with E-state index < -0.39 is 35.3 Å². The number of nitrogens with one attached hydrogen (secondary N) is 2. The number of carboxylic acid groups (broad SMARTS) is 1. The molecule has 1 amide bonds. The third kappa shape index (κ3) is 2.57. The van der Waals surface area contributed by atoms with Gasteiger partial charge in [-0.05, 0) is 18.2 Å². The number of pyridine rings is 1. The summed E-state index contributed by atoms with van der Waals surface area (Å²) in [6.07, 6.45) is 0. The Balaban J connectivity index is 2.56. The molecule has 8 heteroatoms. The van der Waals surface area contributed by atoms with E-state index >= 15 is 0 Å². The normalized spacial score (nSPS) is 10.4. The first-order chi connectivity index (χ1) is 9.40. The molecule has 0 radical (unpaired) electrons. The number of aliphatic carboxylic acids is 1. The van der Waals surface area contributed by atoms with Crippen LogP contribution in [0.25, 0.3) is 10.9 Å². The van der Waals surface area contributed by atoms with Crippen LogP contribution in [0.1, 0.15) is 10.4 Å². The van der Waals surface area contributed by atoms with Crippen LogP contribution in [-0.2, 0) is 4.79 Å². The number of halogens is 1. The van der Waals surface area contributed by atoms with Crippen LogP contribution in [0.3, 0.4) is 0 Å². The van der Waals surface area contributed by atoms with Gasteiger partial charge in [0.25, 0.3) is 11.5 Å². The molecule has 104 valence electrons. The van der Waals surface area contributed by atoms with E-state index in [1.54, 1.807) is 0 Å². The summed E-state index contributed by atoms with van der Waals surface area (Å²) < 4.78 is 0. The highest BCUT2D eigenvalue weighted by atomic mass is 35.5. The summed E-state index contributed by atoms with van der Waals surface area (Å²) in [7, 11) is 0. The first-order valence-corrected chi connectivity index (χ1v) is 5.82. The predicted octanol–water partition coefficient (Wildman–Crippen LogP) is 0.701. The fraction of sp³-hybridized carbons (Fsp3) is 0.0833. The molecule has 0 aliphatic rings. The minimum absolute atomic E-state index is 0.192. The van der Waals surface area contributed by atoms with Crippen LogP contribution < -0.4 is 10.9 Å². The Morgan fingerprint density at radius 1 is 1.35 bits per heavy atom. The zero-order valence-electron chi connectivity index (χ0n) is 9.94. The molecule has 0 saturated heterocycles. The molecule has 0 fully saturated rings. The smallest absolute Gasteiger partial charge is 0.322 e. The summed E-state index contributed by atoms with van der Waals surface area (Å²) in [6.45, 7) is -0.661. The van der Waals surface area contributed by atoms with Gasteiger partial charge in [0.1, 0.15) is 17.9 Å². The first-order valence-electron chi connectivity index (χ1n) is 5.44. The number of fused-ring (bicyclic) bond motifs is 1. The van der Waals surface area contributed by atoms with Crippen molar-refractivity contribution in [2.24, 2.45) is 0 Å². The third-order valence-corrected chi connectivity index (χ3v) is 2.81. The molecule has 0 aliphatic heterocycles. The molecule has 0 bridgehead atoms. The average molecular weight is 297 g/mol. The van der Waals surface area contributed by atoms with Crippen molar-refractivity contribution in [1.29, 1.82) is 0 Å². The van der Waals surface area contributed by atoms with Gasteiger partial charge in [-0.2, -0.15) is 0 Å². The number of aromatic amines is 1. The highest BCUT2D eigenvalue weighted by Gasteiger charge is 2.19. The fourth-order valence-corrected chi connectivity index (χ4v) is 1.88. The molecule has 0 saturated carbocycles. The van der Waals surface area contributed by atoms with Crippen LogP contribution in [0.15, 0.2) is 23.0 Å². The standard InChI is InChI=1S/C12H9ClN2O5/c13-5-1-2-7-6(3-5)10(18)9(12(20)15-7)11(19)14-4-8(16)17/h1-3H,4H2,(H,14,19)(H,16,17)(H2,15,18,20). The van der Waals surface area contributed by atoms with Crippen LogP contribution in [0, 0.1) is 0 Å². The molecule has 2 rings (SSSR count). The average Bonchev–Trinajstić information content (AvgIpc) is 2.37. The van der Waals surface area contributed by atoms with E-state index in [1.165, 1.54) is 18.2 Å². The molecule has 0 unspecified atom stereocenters. The van der Waals surface area contributed by atoms with Crippen molar-refractivity contribution in [3.63, 3.8) is 0 Å². The molecule has 0 spiro atoms. The molecule has 4 N–H and O–H groups in total. The number of benzene rings is 1. The molecule has 0 atom stereocenters. The third-order valence-electron chi connectivity index (χ3n) is 2.58. The summed E-state index contributed by atoms with van der Waals surface area (Å²) in [5.41, 5.74) is -1.06. The summed E-state index contributed by atoms with van der Waals surface area (Å²) in [6, 6.07) is 4.39. The van der Waals surface area contributed by atoms with Crippen LogP contribution >= 0.6 is 11.6 Å². The highest BCUT2D eigenvalue weighted by Crippen LogP contribution is 2.27. The molecule has 1 aromatic carbocycles. The van der Waals surface area contributed by atoms with Crippen LogP contribution in [-0.4, -0.2) is 33.6 Å². The molecule has 1 aromatic heterocycles. The zero-order chi connectivity index (χ0) is 14.9. The van der Waals surface area contributed by atoms with E-state index in [-0.39, 0.29) is 5.39 Å². The number of hydrogen-bond donors (Lipinski definition) is 4. The predicted molar refractivity (Wildman–Crippen MR) is 71.2 cm³/mol. The van der Waals surface area contributed by atoms with Crippen LogP contribution in [0.4, 0.5) is 0 Å². The molecule has 7 nitrogen and oxygen atoms in total. The van der Waals surface area contributed by atoms with E-state index in [0.29, 0.717) is 10.5 Å². The largest absolute Gasteiger partial charge is 0.506 e.